The summed E-state index contributed by atoms with van der Waals surface area (Å²) in [6, 6.07) is 20.1. The normalized spacial score (nSPS) is 10.3. The molecule has 2 aromatic carbocycles. The van der Waals surface area contributed by atoms with Crippen LogP contribution in [-0.2, 0) is 13.0 Å². The number of nitrogens with one attached hydrogen (secondary N) is 2. The van der Waals surface area contributed by atoms with Gasteiger partial charge in [-0.25, -0.2) is 4.98 Å². The monoisotopic (exact) mass is 334 g/mol. The maximum atomic E-state index is 5.37. The Labute approximate surface area is 148 Å². The number of methoxy groups -OCH3 is 1. The Morgan fingerprint density at radius 2 is 1.72 bits per heavy atom. The van der Waals surface area contributed by atoms with Gasteiger partial charge >= 0.3 is 0 Å². The molecule has 0 saturated heterocycles. The van der Waals surface area contributed by atoms with Crippen molar-refractivity contribution in [1.29, 1.82) is 0 Å². The lowest BCUT2D eigenvalue weighted by Gasteiger charge is -2.10. The van der Waals surface area contributed by atoms with Crippen molar-refractivity contribution in [2.45, 2.75) is 13.0 Å². The van der Waals surface area contributed by atoms with E-state index in [1.54, 1.807) is 13.3 Å². The number of aromatic nitrogens is 2. The fourth-order valence-electron chi connectivity index (χ4n) is 2.55. The van der Waals surface area contributed by atoms with E-state index in [0.29, 0.717) is 5.95 Å². The summed E-state index contributed by atoms with van der Waals surface area (Å²) in [5, 5.41) is 6.58. The molecule has 0 fully saturated rings. The molecule has 0 aliphatic heterocycles. The van der Waals surface area contributed by atoms with E-state index in [9.17, 15) is 0 Å². The first kappa shape index (κ1) is 16.8. The molecule has 0 aliphatic rings. The molecular weight excluding hydrogens is 312 g/mol. The summed E-state index contributed by atoms with van der Waals surface area (Å²) in [7, 11) is 1.69. The minimum absolute atomic E-state index is 0.618. The van der Waals surface area contributed by atoms with E-state index in [2.05, 4.69) is 38.8 Å². The quantitative estimate of drug-likeness (QED) is 0.657. The molecule has 5 heteroatoms. The summed E-state index contributed by atoms with van der Waals surface area (Å²) >= 11 is 0. The standard InChI is InChI=1S/C20H22N4O/c1-25-18-10-6-5-9-17(18)11-13-21-20-22-14-12-19(24-20)23-15-16-7-3-2-4-8-16/h2-10,12,14H,11,13,15H2,1H3,(H2,21,22,23,24). The van der Waals surface area contributed by atoms with E-state index in [-0.39, 0.29) is 0 Å². The van der Waals surface area contributed by atoms with E-state index in [0.717, 1.165) is 36.6 Å². The fraction of sp³-hybridized carbons (Fsp3) is 0.200. The Kier molecular flexibility index (Phi) is 5.82. The summed E-state index contributed by atoms with van der Waals surface area (Å²) in [5.41, 5.74) is 2.38. The lowest BCUT2D eigenvalue weighted by Crippen LogP contribution is -2.10. The Morgan fingerprint density at radius 1 is 0.920 bits per heavy atom. The molecule has 2 N–H and O–H groups in total. The van der Waals surface area contributed by atoms with Crippen LogP contribution < -0.4 is 15.4 Å². The van der Waals surface area contributed by atoms with Gasteiger partial charge in [-0.05, 0) is 29.7 Å². The van der Waals surface area contributed by atoms with Gasteiger partial charge in [0.15, 0.2) is 0 Å². The fourth-order valence-corrected chi connectivity index (χ4v) is 2.55. The molecule has 3 rings (SSSR count). The van der Waals surface area contributed by atoms with Gasteiger partial charge < -0.3 is 15.4 Å². The van der Waals surface area contributed by atoms with Gasteiger partial charge in [0, 0.05) is 19.3 Å². The van der Waals surface area contributed by atoms with Gasteiger partial charge in [-0.15, -0.1) is 0 Å². The van der Waals surface area contributed by atoms with E-state index in [4.69, 9.17) is 4.74 Å². The van der Waals surface area contributed by atoms with Crippen LogP contribution >= 0.6 is 0 Å². The van der Waals surface area contributed by atoms with Gasteiger partial charge in [0.05, 0.1) is 7.11 Å². The Hall–Kier alpha value is -3.08. The minimum atomic E-state index is 0.618. The molecule has 0 atom stereocenters. The highest BCUT2D eigenvalue weighted by molar-refractivity contribution is 5.41. The Balaban J connectivity index is 1.53. The molecule has 3 aromatic rings. The van der Waals surface area contributed by atoms with Crippen LogP contribution in [0, 0.1) is 0 Å². The first-order valence-corrected chi connectivity index (χ1v) is 8.32. The van der Waals surface area contributed by atoms with Gasteiger partial charge in [-0.3, -0.25) is 0 Å². The molecule has 0 bridgehead atoms. The zero-order chi connectivity index (χ0) is 17.3. The molecule has 0 aliphatic carbocycles. The number of nitrogens with zero attached hydrogens (tertiary/aromatic N) is 2. The third-order valence-electron chi connectivity index (χ3n) is 3.84. The van der Waals surface area contributed by atoms with E-state index in [1.807, 2.05) is 42.5 Å². The van der Waals surface area contributed by atoms with Crippen LogP contribution in [0.5, 0.6) is 5.75 Å². The maximum Gasteiger partial charge on any atom is 0.224 e. The molecule has 5 nitrogen and oxygen atoms in total. The second-order valence-electron chi connectivity index (χ2n) is 5.59. The van der Waals surface area contributed by atoms with Gasteiger partial charge in [0.2, 0.25) is 5.95 Å². The number of anilines is 2. The number of hydrogen-bond acceptors (Lipinski definition) is 5. The van der Waals surface area contributed by atoms with Crippen LogP contribution in [0.1, 0.15) is 11.1 Å². The number of rotatable bonds is 8. The third kappa shape index (κ3) is 4.94. The first-order chi connectivity index (χ1) is 12.3. The van der Waals surface area contributed by atoms with Crippen molar-refractivity contribution in [3.8, 4) is 5.75 Å². The predicted molar refractivity (Wildman–Crippen MR) is 101 cm³/mol. The second-order valence-corrected chi connectivity index (χ2v) is 5.59. The van der Waals surface area contributed by atoms with Crippen LogP contribution in [0.3, 0.4) is 0 Å². The molecule has 1 aromatic heterocycles. The molecule has 0 amide bonds. The SMILES string of the molecule is COc1ccccc1CCNc1nccc(NCc2ccccc2)n1. The molecule has 0 spiro atoms. The van der Waals surface area contributed by atoms with Crippen molar-refractivity contribution in [1.82, 2.24) is 9.97 Å². The van der Waals surface area contributed by atoms with Gasteiger partial charge in [0.1, 0.15) is 11.6 Å². The lowest BCUT2D eigenvalue weighted by atomic mass is 10.1. The van der Waals surface area contributed by atoms with Crippen molar-refractivity contribution >= 4 is 11.8 Å². The first-order valence-electron chi connectivity index (χ1n) is 8.32. The van der Waals surface area contributed by atoms with Crippen LogP contribution in [0.25, 0.3) is 0 Å². The van der Waals surface area contributed by atoms with E-state index < -0.39 is 0 Å². The zero-order valence-corrected chi connectivity index (χ0v) is 14.3. The number of hydrogen-bond donors (Lipinski definition) is 2. The zero-order valence-electron chi connectivity index (χ0n) is 14.3. The van der Waals surface area contributed by atoms with Crippen LogP contribution in [0.4, 0.5) is 11.8 Å². The van der Waals surface area contributed by atoms with Gasteiger partial charge in [-0.2, -0.15) is 4.98 Å². The minimum Gasteiger partial charge on any atom is -0.496 e. The summed E-state index contributed by atoms with van der Waals surface area (Å²) in [4.78, 5) is 8.77. The van der Waals surface area contributed by atoms with E-state index >= 15 is 0 Å². The largest absolute Gasteiger partial charge is 0.496 e. The predicted octanol–water partition coefficient (Wildman–Crippen LogP) is 3.75. The van der Waals surface area contributed by atoms with Crippen molar-refractivity contribution in [3.05, 3.63) is 78.0 Å². The van der Waals surface area contributed by atoms with Crippen molar-refractivity contribution in [3.63, 3.8) is 0 Å². The van der Waals surface area contributed by atoms with Crippen molar-refractivity contribution < 1.29 is 4.74 Å². The van der Waals surface area contributed by atoms with Crippen LogP contribution in [-0.4, -0.2) is 23.6 Å². The lowest BCUT2D eigenvalue weighted by molar-refractivity contribution is 0.410. The molecule has 128 valence electrons. The highest BCUT2D eigenvalue weighted by Gasteiger charge is 2.03. The van der Waals surface area contributed by atoms with Crippen molar-refractivity contribution in [2.75, 3.05) is 24.3 Å². The van der Waals surface area contributed by atoms with Crippen molar-refractivity contribution in [2.24, 2.45) is 0 Å². The highest BCUT2D eigenvalue weighted by Crippen LogP contribution is 2.17. The maximum absolute atomic E-state index is 5.37. The average molecular weight is 334 g/mol. The summed E-state index contributed by atoms with van der Waals surface area (Å²) < 4.78 is 5.37. The number of para-hydroxylation sites is 1. The molecule has 0 saturated carbocycles. The van der Waals surface area contributed by atoms with E-state index in [1.165, 1.54) is 5.56 Å². The van der Waals surface area contributed by atoms with Gasteiger partial charge in [-0.1, -0.05) is 48.5 Å². The Morgan fingerprint density at radius 3 is 2.56 bits per heavy atom. The molecule has 25 heavy (non-hydrogen) atoms. The molecule has 1 heterocycles. The molecule has 0 unspecified atom stereocenters. The van der Waals surface area contributed by atoms with Gasteiger partial charge in [0.25, 0.3) is 0 Å². The number of benzene rings is 2. The smallest absolute Gasteiger partial charge is 0.224 e. The summed E-state index contributed by atoms with van der Waals surface area (Å²) in [6.07, 6.45) is 2.60. The Bertz CT molecular complexity index is 792. The second kappa shape index (κ2) is 8.68. The van der Waals surface area contributed by atoms with Crippen LogP contribution in [0.2, 0.25) is 0 Å². The summed E-state index contributed by atoms with van der Waals surface area (Å²) in [5.74, 6) is 2.33. The van der Waals surface area contributed by atoms with Crippen LogP contribution in [0.15, 0.2) is 66.9 Å². The molecular formula is C20H22N4O. The number of ether oxygens (including phenoxy) is 1. The topological polar surface area (TPSA) is 59.1 Å². The molecule has 0 radical (unpaired) electrons. The highest BCUT2D eigenvalue weighted by atomic mass is 16.5. The summed E-state index contributed by atoms with van der Waals surface area (Å²) in [6.45, 7) is 1.47. The average Bonchev–Trinajstić information content (AvgIpc) is 2.68. The third-order valence-corrected chi connectivity index (χ3v) is 3.84.